The Morgan fingerprint density at radius 2 is 1.81 bits per heavy atom. The van der Waals surface area contributed by atoms with Gasteiger partial charge in [0.15, 0.2) is 0 Å². The summed E-state index contributed by atoms with van der Waals surface area (Å²) in [5, 5.41) is 11.7. The standard InChI is InChI=1S/C19H21N7O/c1-14-16(24-19-20-9-5-10-21-19)7-4-13-25(14)18(27)15-6-2-3-8-17(15)26-22-11-12-23-26/h2-3,5-6,8-12,14,16H,4,7,13H2,1H3,(H,20,21,24)/t14-,16+/m0/s1. The highest BCUT2D eigenvalue weighted by molar-refractivity contribution is 5.98. The summed E-state index contributed by atoms with van der Waals surface area (Å²) < 4.78 is 0. The first-order valence-corrected chi connectivity index (χ1v) is 9.04. The van der Waals surface area contributed by atoms with E-state index >= 15 is 0 Å². The van der Waals surface area contributed by atoms with Crippen molar-refractivity contribution in [2.45, 2.75) is 31.8 Å². The number of carbonyl (C=O) groups excluding carboxylic acids is 1. The summed E-state index contributed by atoms with van der Waals surface area (Å²) in [7, 11) is 0. The summed E-state index contributed by atoms with van der Waals surface area (Å²) in [4.78, 5) is 25.2. The van der Waals surface area contributed by atoms with E-state index in [0.29, 0.717) is 23.7 Å². The van der Waals surface area contributed by atoms with Gasteiger partial charge in [-0.1, -0.05) is 12.1 Å². The predicted molar refractivity (Wildman–Crippen MR) is 101 cm³/mol. The van der Waals surface area contributed by atoms with E-state index in [4.69, 9.17) is 0 Å². The molecule has 0 bridgehead atoms. The van der Waals surface area contributed by atoms with Gasteiger partial charge in [-0.25, -0.2) is 9.97 Å². The third-order valence-electron chi connectivity index (χ3n) is 4.90. The molecule has 1 N–H and O–H groups in total. The predicted octanol–water partition coefficient (Wildman–Crippen LogP) is 2.16. The van der Waals surface area contributed by atoms with E-state index < -0.39 is 0 Å². The van der Waals surface area contributed by atoms with Crippen LogP contribution in [0.25, 0.3) is 5.69 Å². The number of amides is 1. The molecule has 4 rings (SSSR count). The normalized spacial score (nSPS) is 19.7. The van der Waals surface area contributed by atoms with Crippen LogP contribution < -0.4 is 5.32 Å². The van der Waals surface area contributed by atoms with Crippen LogP contribution >= 0.6 is 0 Å². The molecular weight excluding hydrogens is 342 g/mol. The molecule has 0 radical (unpaired) electrons. The number of nitrogens with zero attached hydrogens (tertiary/aromatic N) is 6. The van der Waals surface area contributed by atoms with E-state index in [1.807, 2.05) is 29.2 Å². The van der Waals surface area contributed by atoms with Crippen molar-refractivity contribution in [1.82, 2.24) is 29.9 Å². The molecule has 1 aliphatic heterocycles. The van der Waals surface area contributed by atoms with Crippen molar-refractivity contribution < 1.29 is 4.79 Å². The molecule has 8 nitrogen and oxygen atoms in total. The van der Waals surface area contributed by atoms with Crippen LogP contribution in [0.4, 0.5) is 5.95 Å². The lowest BCUT2D eigenvalue weighted by Gasteiger charge is -2.40. The number of nitrogens with one attached hydrogen (secondary N) is 1. The Labute approximate surface area is 157 Å². The number of para-hydroxylation sites is 1. The summed E-state index contributed by atoms with van der Waals surface area (Å²) in [6.45, 7) is 2.78. The number of carbonyl (C=O) groups is 1. The Kier molecular flexibility index (Phi) is 4.78. The summed E-state index contributed by atoms with van der Waals surface area (Å²) >= 11 is 0. The first-order valence-electron chi connectivity index (χ1n) is 9.04. The third-order valence-corrected chi connectivity index (χ3v) is 4.90. The first-order chi connectivity index (χ1) is 13.2. The Morgan fingerprint density at radius 1 is 1.07 bits per heavy atom. The molecule has 8 heteroatoms. The van der Waals surface area contributed by atoms with Crippen molar-refractivity contribution in [3.05, 3.63) is 60.7 Å². The van der Waals surface area contributed by atoms with Gasteiger partial charge in [-0.3, -0.25) is 4.79 Å². The van der Waals surface area contributed by atoms with Crippen molar-refractivity contribution in [1.29, 1.82) is 0 Å². The third kappa shape index (κ3) is 3.51. The Bertz CT molecular complexity index is 897. The zero-order valence-corrected chi connectivity index (χ0v) is 15.1. The lowest BCUT2D eigenvalue weighted by molar-refractivity contribution is 0.0616. The van der Waals surface area contributed by atoms with Gasteiger partial charge in [-0.2, -0.15) is 15.0 Å². The molecule has 1 aliphatic rings. The Hall–Kier alpha value is -3.29. The zero-order chi connectivity index (χ0) is 18.6. The maximum absolute atomic E-state index is 13.3. The van der Waals surface area contributed by atoms with E-state index in [0.717, 1.165) is 12.8 Å². The van der Waals surface area contributed by atoms with Gasteiger partial charge in [0.2, 0.25) is 5.95 Å². The number of hydrogen-bond acceptors (Lipinski definition) is 6. The van der Waals surface area contributed by atoms with Crippen LogP contribution in [0.15, 0.2) is 55.1 Å². The van der Waals surface area contributed by atoms with Crippen LogP contribution in [0.2, 0.25) is 0 Å². The smallest absolute Gasteiger partial charge is 0.256 e. The molecule has 0 unspecified atom stereocenters. The summed E-state index contributed by atoms with van der Waals surface area (Å²) in [6.07, 6.45) is 8.50. The minimum Gasteiger partial charge on any atom is -0.349 e. The quantitative estimate of drug-likeness (QED) is 0.764. The second-order valence-corrected chi connectivity index (χ2v) is 6.54. The van der Waals surface area contributed by atoms with E-state index in [1.165, 1.54) is 4.80 Å². The maximum atomic E-state index is 13.3. The number of rotatable bonds is 4. The minimum atomic E-state index is -0.0177. The van der Waals surface area contributed by atoms with Gasteiger partial charge in [-0.05, 0) is 38.0 Å². The maximum Gasteiger partial charge on any atom is 0.256 e. The molecule has 1 aromatic carbocycles. The van der Waals surface area contributed by atoms with E-state index in [2.05, 4.69) is 32.4 Å². The van der Waals surface area contributed by atoms with Crippen LogP contribution in [0, 0.1) is 0 Å². The van der Waals surface area contributed by atoms with E-state index in [9.17, 15) is 4.79 Å². The lowest BCUT2D eigenvalue weighted by atomic mass is 9.96. The largest absolute Gasteiger partial charge is 0.349 e. The molecule has 1 amide bonds. The molecular formula is C19H21N7O. The number of benzene rings is 1. The monoisotopic (exact) mass is 363 g/mol. The number of likely N-dealkylation sites (tertiary alicyclic amines) is 1. The summed E-state index contributed by atoms with van der Waals surface area (Å²) in [6, 6.07) is 9.31. The van der Waals surface area contributed by atoms with E-state index in [-0.39, 0.29) is 18.0 Å². The highest BCUT2D eigenvalue weighted by atomic mass is 16.2. The fraction of sp³-hybridized carbons (Fsp3) is 0.316. The van der Waals surface area contributed by atoms with Crippen molar-refractivity contribution in [2.75, 3.05) is 11.9 Å². The van der Waals surface area contributed by atoms with Gasteiger partial charge < -0.3 is 10.2 Å². The molecule has 3 heterocycles. The second kappa shape index (κ2) is 7.53. The van der Waals surface area contributed by atoms with Crippen LogP contribution in [-0.4, -0.2) is 54.4 Å². The number of piperidine rings is 1. The van der Waals surface area contributed by atoms with Gasteiger partial charge in [0.25, 0.3) is 5.91 Å². The number of hydrogen-bond donors (Lipinski definition) is 1. The molecule has 0 aliphatic carbocycles. The summed E-state index contributed by atoms with van der Waals surface area (Å²) in [5.74, 6) is 0.570. The molecule has 1 fully saturated rings. The minimum absolute atomic E-state index is 0.00805. The van der Waals surface area contributed by atoms with Crippen LogP contribution in [0.5, 0.6) is 0 Å². The SMILES string of the molecule is C[C@H]1[C@H](Nc2ncccn2)CCCN1C(=O)c1ccccc1-n1nccn1. The van der Waals surface area contributed by atoms with Crippen molar-refractivity contribution in [2.24, 2.45) is 0 Å². The average Bonchev–Trinajstić information content (AvgIpc) is 3.25. The van der Waals surface area contributed by atoms with Gasteiger partial charge in [0.05, 0.1) is 23.6 Å². The fourth-order valence-corrected chi connectivity index (χ4v) is 3.49. The van der Waals surface area contributed by atoms with Gasteiger partial charge in [0, 0.05) is 31.0 Å². The summed E-state index contributed by atoms with van der Waals surface area (Å²) in [5.41, 5.74) is 1.28. The molecule has 0 spiro atoms. The first kappa shape index (κ1) is 17.1. The van der Waals surface area contributed by atoms with Crippen molar-refractivity contribution in [3.63, 3.8) is 0 Å². The topological polar surface area (TPSA) is 88.8 Å². The average molecular weight is 363 g/mol. The molecule has 1 saturated heterocycles. The molecule has 27 heavy (non-hydrogen) atoms. The highest BCUT2D eigenvalue weighted by Crippen LogP contribution is 2.24. The Balaban J connectivity index is 1.57. The lowest BCUT2D eigenvalue weighted by Crippen LogP contribution is -2.52. The second-order valence-electron chi connectivity index (χ2n) is 6.54. The Morgan fingerprint density at radius 3 is 2.59 bits per heavy atom. The van der Waals surface area contributed by atoms with Gasteiger partial charge in [-0.15, -0.1) is 0 Å². The van der Waals surface area contributed by atoms with E-state index in [1.54, 1.807) is 30.9 Å². The highest BCUT2D eigenvalue weighted by Gasteiger charge is 2.33. The molecule has 2 atom stereocenters. The molecule has 2 aromatic heterocycles. The molecule has 3 aromatic rings. The van der Waals surface area contributed by atoms with Crippen LogP contribution in [0.3, 0.4) is 0 Å². The fourth-order valence-electron chi connectivity index (χ4n) is 3.49. The van der Waals surface area contributed by atoms with Crippen LogP contribution in [0.1, 0.15) is 30.1 Å². The number of aromatic nitrogens is 5. The van der Waals surface area contributed by atoms with Crippen molar-refractivity contribution in [3.8, 4) is 5.69 Å². The van der Waals surface area contributed by atoms with Crippen LogP contribution in [-0.2, 0) is 0 Å². The van der Waals surface area contributed by atoms with Gasteiger partial charge >= 0.3 is 0 Å². The molecule has 0 saturated carbocycles. The zero-order valence-electron chi connectivity index (χ0n) is 15.1. The number of anilines is 1. The van der Waals surface area contributed by atoms with Gasteiger partial charge in [0.1, 0.15) is 0 Å². The van der Waals surface area contributed by atoms with Crippen molar-refractivity contribution >= 4 is 11.9 Å². The molecule has 138 valence electrons.